The first-order chi connectivity index (χ1) is 16.2. The van der Waals surface area contributed by atoms with E-state index >= 15 is 0 Å². The highest BCUT2D eigenvalue weighted by molar-refractivity contribution is 7.18. The van der Waals surface area contributed by atoms with Crippen molar-refractivity contribution in [1.29, 1.82) is 0 Å². The Morgan fingerprint density at radius 1 is 1.09 bits per heavy atom. The third kappa shape index (κ3) is 4.23. The van der Waals surface area contributed by atoms with E-state index < -0.39 is 0 Å². The summed E-state index contributed by atoms with van der Waals surface area (Å²) in [4.78, 5) is 35.1. The number of fused-ring (bicyclic) bond motifs is 3. The zero-order valence-corrected chi connectivity index (χ0v) is 19.6. The molecule has 1 unspecified atom stereocenters. The Hall–Kier alpha value is -3.25. The van der Waals surface area contributed by atoms with E-state index in [2.05, 4.69) is 24.0 Å². The molecule has 4 aromatic rings. The number of aromatic nitrogens is 2. The van der Waals surface area contributed by atoms with Crippen LogP contribution < -0.4 is 5.56 Å². The second-order valence-electron chi connectivity index (χ2n) is 8.54. The minimum absolute atomic E-state index is 0.0314. The molecule has 1 aliphatic heterocycles. The summed E-state index contributed by atoms with van der Waals surface area (Å²) in [5.41, 5.74) is 3.38. The molecule has 0 aliphatic carbocycles. The van der Waals surface area contributed by atoms with Crippen LogP contribution in [-0.4, -0.2) is 26.9 Å². The average Bonchev–Trinajstić information content (AvgIpc) is 3.24. The molecule has 0 saturated carbocycles. The average molecular weight is 458 g/mol. The lowest BCUT2D eigenvalue weighted by atomic mass is 9.94. The number of nitrogens with zero attached hydrogens (tertiary/aromatic N) is 3. The first-order valence-corrected chi connectivity index (χ1v) is 12.3. The molecule has 168 valence electrons. The van der Waals surface area contributed by atoms with E-state index in [0.29, 0.717) is 26.1 Å². The van der Waals surface area contributed by atoms with Gasteiger partial charge in [0.15, 0.2) is 0 Å². The zero-order chi connectivity index (χ0) is 22.8. The number of hydrogen-bond acceptors (Lipinski definition) is 4. The van der Waals surface area contributed by atoms with Gasteiger partial charge in [-0.1, -0.05) is 67.6 Å². The van der Waals surface area contributed by atoms with Crippen LogP contribution in [0.1, 0.15) is 40.8 Å². The summed E-state index contributed by atoms with van der Waals surface area (Å²) in [5.74, 6) is 0.0375. The van der Waals surface area contributed by atoms with Gasteiger partial charge in [0.05, 0.1) is 24.2 Å². The van der Waals surface area contributed by atoms with Gasteiger partial charge in [-0.3, -0.25) is 14.2 Å². The molecule has 0 radical (unpaired) electrons. The van der Waals surface area contributed by atoms with Gasteiger partial charge in [0, 0.05) is 18.0 Å². The molecule has 0 bridgehead atoms. The van der Waals surface area contributed by atoms with Crippen LogP contribution in [0.15, 0.2) is 71.8 Å². The fraction of sp³-hybridized carbons (Fsp3) is 0.296. The van der Waals surface area contributed by atoms with Crippen LogP contribution in [0.25, 0.3) is 10.2 Å². The second-order valence-corrected chi connectivity index (χ2v) is 9.63. The summed E-state index contributed by atoms with van der Waals surface area (Å²) < 4.78 is 1.72. The second kappa shape index (κ2) is 9.32. The van der Waals surface area contributed by atoms with Gasteiger partial charge in [0.25, 0.3) is 5.56 Å². The molecule has 3 heterocycles. The lowest BCUT2D eigenvalue weighted by Gasteiger charge is -2.30. The monoisotopic (exact) mass is 457 g/mol. The maximum Gasteiger partial charge on any atom is 0.262 e. The predicted molar refractivity (Wildman–Crippen MR) is 133 cm³/mol. The Balaban J connectivity index is 1.38. The summed E-state index contributed by atoms with van der Waals surface area (Å²) in [6.07, 6.45) is 3.93. The predicted octanol–water partition coefficient (Wildman–Crippen LogP) is 4.78. The Morgan fingerprint density at radius 2 is 1.82 bits per heavy atom. The van der Waals surface area contributed by atoms with Crippen molar-refractivity contribution < 1.29 is 4.79 Å². The molecule has 0 fully saturated rings. The van der Waals surface area contributed by atoms with E-state index in [1.54, 1.807) is 22.2 Å². The molecule has 0 saturated heterocycles. The molecule has 1 atom stereocenters. The number of amides is 1. The van der Waals surface area contributed by atoms with Crippen LogP contribution >= 0.6 is 11.3 Å². The highest BCUT2D eigenvalue weighted by Crippen LogP contribution is 2.34. The van der Waals surface area contributed by atoms with Gasteiger partial charge in [0.1, 0.15) is 4.83 Å². The van der Waals surface area contributed by atoms with E-state index in [0.717, 1.165) is 39.1 Å². The molecular formula is C27H27N3O2S. The van der Waals surface area contributed by atoms with Crippen LogP contribution in [0.3, 0.4) is 0 Å². The molecule has 1 amide bonds. The third-order valence-electron chi connectivity index (χ3n) is 6.53. The van der Waals surface area contributed by atoms with E-state index in [1.807, 2.05) is 53.4 Å². The van der Waals surface area contributed by atoms with Gasteiger partial charge in [-0.2, -0.15) is 0 Å². The number of rotatable bonds is 6. The largest absolute Gasteiger partial charge is 0.337 e. The summed E-state index contributed by atoms with van der Waals surface area (Å²) in [6, 6.07) is 20.2. The number of thiophene rings is 1. The highest BCUT2D eigenvalue weighted by atomic mass is 32.1. The van der Waals surface area contributed by atoms with Crippen molar-refractivity contribution in [2.45, 2.75) is 45.2 Å². The van der Waals surface area contributed by atoms with Gasteiger partial charge < -0.3 is 4.90 Å². The lowest BCUT2D eigenvalue weighted by molar-refractivity contribution is -0.133. The van der Waals surface area contributed by atoms with Crippen LogP contribution in [0.4, 0.5) is 0 Å². The third-order valence-corrected chi connectivity index (χ3v) is 7.66. The number of benzene rings is 2. The molecule has 33 heavy (non-hydrogen) atoms. The van der Waals surface area contributed by atoms with Crippen LogP contribution in [0.5, 0.6) is 0 Å². The van der Waals surface area contributed by atoms with Crippen molar-refractivity contribution in [3.8, 4) is 0 Å². The minimum Gasteiger partial charge on any atom is -0.337 e. The van der Waals surface area contributed by atoms with Gasteiger partial charge in [-0.05, 0) is 36.0 Å². The van der Waals surface area contributed by atoms with Crippen molar-refractivity contribution in [3.63, 3.8) is 0 Å². The minimum atomic E-state index is -0.129. The van der Waals surface area contributed by atoms with Gasteiger partial charge in [-0.15, -0.1) is 11.3 Å². The van der Waals surface area contributed by atoms with Crippen LogP contribution in [0.2, 0.25) is 0 Å². The first-order valence-electron chi connectivity index (χ1n) is 11.5. The lowest BCUT2D eigenvalue weighted by Crippen LogP contribution is -2.38. The standard InChI is InChI=1S/C27H27N3O2S/c1-2-21(20-11-7-4-8-12-20)26(31)29-16-14-22-23(17-29)33-25-24(22)27(32)30(18-28-25)15-13-19-9-5-3-6-10-19/h3-12,18,21H,2,13-17H2,1H3. The number of hydrogen-bond donors (Lipinski definition) is 0. The van der Waals surface area contributed by atoms with Crippen molar-refractivity contribution >= 4 is 27.5 Å². The van der Waals surface area contributed by atoms with E-state index in [-0.39, 0.29) is 17.4 Å². The van der Waals surface area contributed by atoms with Crippen molar-refractivity contribution in [2.75, 3.05) is 6.54 Å². The van der Waals surface area contributed by atoms with E-state index in [9.17, 15) is 9.59 Å². The summed E-state index contributed by atoms with van der Waals surface area (Å²) >= 11 is 1.56. The van der Waals surface area contributed by atoms with Crippen molar-refractivity contribution in [3.05, 3.63) is 98.9 Å². The molecule has 0 N–H and O–H groups in total. The zero-order valence-electron chi connectivity index (χ0n) is 18.7. The molecule has 1 aliphatic rings. The van der Waals surface area contributed by atoms with E-state index in [4.69, 9.17) is 0 Å². The van der Waals surface area contributed by atoms with Gasteiger partial charge in [-0.25, -0.2) is 4.98 Å². The van der Waals surface area contributed by atoms with E-state index in [1.165, 1.54) is 5.56 Å². The Morgan fingerprint density at radius 3 is 2.55 bits per heavy atom. The SMILES string of the molecule is CCC(C(=O)N1CCc2c(sc3ncn(CCc4ccccc4)c(=O)c23)C1)c1ccccc1. The molecule has 2 aromatic heterocycles. The fourth-order valence-electron chi connectivity index (χ4n) is 4.72. The smallest absolute Gasteiger partial charge is 0.262 e. The Kier molecular flexibility index (Phi) is 6.09. The topological polar surface area (TPSA) is 55.2 Å². The summed E-state index contributed by atoms with van der Waals surface area (Å²) in [7, 11) is 0. The number of carbonyl (C=O) groups excluding carboxylic acids is 1. The molecular weight excluding hydrogens is 430 g/mol. The quantitative estimate of drug-likeness (QED) is 0.419. The highest BCUT2D eigenvalue weighted by Gasteiger charge is 2.30. The van der Waals surface area contributed by atoms with Gasteiger partial charge in [0.2, 0.25) is 5.91 Å². The Labute approximate surface area is 197 Å². The van der Waals surface area contributed by atoms with Crippen LogP contribution in [-0.2, 0) is 30.7 Å². The van der Waals surface area contributed by atoms with Gasteiger partial charge >= 0.3 is 0 Å². The molecule has 0 spiro atoms. The molecule has 6 heteroatoms. The number of aryl methyl sites for hydroxylation is 2. The summed E-state index contributed by atoms with van der Waals surface area (Å²) in [6.45, 7) is 3.86. The fourth-order valence-corrected chi connectivity index (χ4v) is 5.91. The van der Waals surface area contributed by atoms with Crippen LogP contribution in [0, 0.1) is 0 Å². The molecule has 5 rings (SSSR count). The van der Waals surface area contributed by atoms with Crippen molar-refractivity contribution in [1.82, 2.24) is 14.5 Å². The maximum atomic E-state index is 13.3. The van der Waals surface area contributed by atoms with Crippen molar-refractivity contribution in [2.24, 2.45) is 0 Å². The molecule has 5 nitrogen and oxygen atoms in total. The first kappa shape index (κ1) is 21.6. The Bertz CT molecular complexity index is 1330. The molecule has 2 aromatic carbocycles. The number of carbonyl (C=O) groups is 1. The maximum absolute atomic E-state index is 13.3. The normalized spacial score (nSPS) is 14.3. The summed E-state index contributed by atoms with van der Waals surface area (Å²) in [5, 5.41) is 0.743.